The number of aromatic nitrogens is 2. The summed E-state index contributed by atoms with van der Waals surface area (Å²) in [5.41, 5.74) is 0.0761. The molecule has 2 heterocycles. The van der Waals surface area contributed by atoms with E-state index in [2.05, 4.69) is 9.72 Å². The Morgan fingerprint density at radius 2 is 2.14 bits per heavy atom. The van der Waals surface area contributed by atoms with Gasteiger partial charge in [0, 0.05) is 32.6 Å². The summed E-state index contributed by atoms with van der Waals surface area (Å²) in [5, 5.41) is 0. The third-order valence-corrected chi connectivity index (χ3v) is 2.50. The maximum Gasteiger partial charge on any atom is 0.573 e. The van der Waals surface area contributed by atoms with Crippen molar-refractivity contribution in [3.05, 3.63) is 42.5 Å². The van der Waals surface area contributed by atoms with Gasteiger partial charge in [-0.1, -0.05) is 0 Å². The fourth-order valence-corrected chi connectivity index (χ4v) is 1.67. The summed E-state index contributed by atoms with van der Waals surface area (Å²) in [7, 11) is 3.49. The fraction of sp³-hybridized carbons (Fsp3) is 0.231. The number of halogens is 3. The van der Waals surface area contributed by atoms with Gasteiger partial charge in [0.1, 0.15) is 5.69 Å². The molecule has 0 saturated carbocycles. The third kappa shape index (κ3) is 3.53. The molecular formula is C13H12F3N3O2. The Bertz CT molecular complexity index is 690. The number of hydrogen-bond donors (Lipinski definition) is 0. The SMILES string of the molecule is CN(C)C=CC(=O)c1cnc2c(OC(F)(F)F)cccn12. The van der Waals surface area contributed by atoms with Gasteiger partial charge in [0.15, 0.2) is 11.4 Å². The van der Waals surface area contributed by atoms with Gasteiger partial charge in [-0.05, 0) is 12.1 Å². The van der Waals surface area contributed by atoms with E-state index >= 15 is 0 Å². The molecule has 0 radical (unpaired) electrons. The van der Waals surface area contributed by atoms with Gasteiger partial charge in [0.25, 0.3) is 0 Å². The number of ketones is 1. The van der Waals surface area contributed by atoms with E-state index in [1.54, 1.807) is 19.0 Å². The predicted molar refractivity (Wildman–Crippen MR) is 69.0 cm³/mol. The minimum Gasteiger partial charge on any atom is -0.402 e. The number of alkyl halides is 3. The van der Waals surface area contributed by atoms with Gasteiger partial charge in [-0.25, -0.2) is 4.98 Å². The van der Waals surface area contributed by atoms with Crippen molar-refractivity contribution < 1.29 is 22.7 Å². The Hall–Kier alpha value is -2.51. The number of imidazole rings is 1. The molecule has 0 fully saturated rings. The van der Waals surface area contributed by atoms with Crippen LogP contribution in [0.3, 0.4) is 0 Å². The molecule has 0 amide bonds. The van der Waals surface area contributed by atoms with E-state index in [9.17, 15) is 18.0 Å². The molecule has 0 unspecified atom stereocenters. The van der Waals surface area contributed by atoms with Crippen molar-refractivity contribution in [2.24, 2.45) is 0 Å². The second kappa shape index (κ2) is 5.47. The van der Waals surface area contributed by atoms with Gasteiger partial charge in [0.05, 0.1) is 6.20 Å². The van der Waals surface area contributed by atoms with Crippen molar-refractivity contribution >= 4 is 11.4 Å². The van der Waals surface area contributed by atoms with Crippen LogP contribution in [-0.2, 0) is 0 Å². The lowest BCUT2D eigenvalue weighted by molar-refractivity contribution is -0.274. The molecule has 2 aromatic heterocycles. The largest absolute Gasteiger partial charge is 0.573 e. The number of fused-ring (bicyclic) bond motifs is 1. The lowest BCUT2D eigenvalue weighted by Gasteiger charge is -2.09. The number of rotatable bonds is 4. The molecule has 112 valence electrons. The predicted octanol–water partition coefficient (Wildman–Crippen LogP) is 2.49. The zero-order valence-electron chi connectivity index (χ0n) is 11.3. The third-order valence-electron chi connectivity index (χ3n) is 2.50. The van der Waals surface area contributed by atoms with E-state index in [4.69, 9.17) is 0 Å². The molecule has 0 aliphatic carbocycles. The zero-order chi connectivity index (χ0) is 15.6. The molecule has 21 heavy (non-hydrogen) atoms. The number of ether oxygens (including phenoxy) is 1. The number of allylic oxidation sites excluding steroid dienone is 1. The van der Waals surface area contributed by atoms with Gasteiger partial charge in [-0.2, -0.15) is 0 Å². The molecule has 8 heteroatoms. The van der Waals surface area contributed by atoms with Gasteiger partial charge >= 0.3 is 6.36 Å². The van der Waals surface area contributed by atoms with E-state index < -0.39 is 12.1 Å². The quantitative estimate of drug-likeness (QED) is 0.643. The van der Waals surface area contributed by atoms with E-state index in [0.29, 0.717) is 0 Å². The summed E-state index contributed by atoms with van der Waals surface area (Å²) in [6.45, 7) is 0. The molecule has 0 bridgehead atoms. The maximum absolute atomic E-state index is 12.3. The Morgan fingerprint density at radius 3 is 2.76 bits per heavy atom. The Kier molecular flexibility index (Phi) is 3.88. The molecule has 0 aromatic carbocycles. The van der Waals surface area contributed by atoms with Crippen LogP contribution in [-0.4, -0.2) is 40.5 Å². The summed E-state index contributed by atoms with van der Waals surface area (Å²) in [6.07, 6.45) is 0.685. The van der Waals surface area contributed by atoms with Gasteiger partial charge in [0.2, 0.25) is 5.78 Å². The molecule has 5 nitrogen and oxygen atoms in total. The molecular weight excluding hydrogens is 287 g/mol. The highest BCUT2D eigenvalue weighted by atomic mass is 19.4. The first-order chi connectivity index (χ1) is 9.78. The summed E-state index contributed by atoms with van der Waals surface area (Å²) < 4.78 is 42.0. The summed E-state index contributed by atoms with van der Waals surface area (Å²) in [6, 6.07) is 2.49. The highest BCUT2D eigenvalue weighted by molar-refractivity contribution is 6.03. The molecule has 0 N–H and O–H groups in total. The van der Waals surface area contributed by atoms with E-state index in [1.807, 2.05) is 0 Å². The van der Waals surface area contributed by atoms with Crippen molar-refractivity contribution in [1.29, 1.82) is 0 Å². The summed E-state index contributed by atoms with van der Waals surface area (Å²) >= 11 is 0. The lowest BCUT2D eigenvalue weighted by Crippen LogP contribution is -2.17. The molecule has 0 aliphatic rings. The van der Waals surface area contributed by atoms with Crippen LogP contribution in [0.15, 0.2) is 36.8 Å². The smallest absolute Gasteiger partial charge is 0.402 e. The first-order valence-electron chi connectivity index (χ1n) is 5.89. The van der Waals surface area contributed by atoms with Crippen LogP contribution in [0.5, 0.6) is 5.75 Å². The highest BCUT2D eigenvalue weighted by Crippen LogP contribution is 2.26. The van der Waals surface area contributed by atoms with Crippen molar-refractivity contribution in [1.82, 2.24) is 14.3 Å². The van der Waals surface area contributed by atoms with Gasteiger partial charge < -0.3 is 9.64 Å². The van der Waals surface area contributed by atoms with Crippen LogP contribution in [0.25, 0.3) is 5.65 Å². The van der Waals surface area contributed by atoms with Crippen molar-refractivity contribution in [3.8, 4) is 5.75 Å². The normalized spacial score (nSPS) is 12.0. The van der Waals surface area contributed by atoms with Crippen LogP contribution in [0.4, 0.5) is 13.2 Å². The van der Waals surface area contributed by atoms with Gasteiger partial charge in [-0.15, -0.1) is 13.2 Å². The average Bonchev–Trinajstić information content (AvgIpc) is 2.79. The minimum absolute atomic E-state index is 0.0728. The fourth-order valence-electron chi connectivity index (χ4n) is 1.67. The Morgan fingerprint density at radius 1 is 1.43 bits per heavy atom. The second-order valence-corrected chi connectivity index (χ2v) is 4.40. The molecule has 0 saturated heterocycles. The molecule has 2 rings (SSSR count). The second-order valence-electron chi connectivity index (χ2n) is 4.40. The average molecular weight is 299 g/mol. The summed E-state index contributed by atoms with van der Waals surface area (Å²) in [5.74, 6) is -0.832. The monoisotopic (exact) mass is 299 g/mol. The zero-order valence-corrected chi connectivity index (χ0v) is 11.3. The molecule has 0 atom stereocenters. The summed E-state index contributed by atoms with van der Waals surface area (Å²) in [4.78, 5) is 17.5. The van der Waals surface area contributed by atoms with Gasteiger partial charge in [-0.3, -0.25) is 9.20 Å². The van der Waals surface area contributed by atoms with Crippen LogP contribution >= 0.6 is 0 Å². The number of carbonyl (C=O) groups excluding carboxylic acids is 1. The van der Waals surface area contributed by atoms with Crippen LogP contribution in [0, 0.1) is 0 Å². The van der Waals surface area contributed by atoms with Crippen molar-refractivity contribution in [2.75, 3.05) is 14.1 Å². The number of hydrogen-bond acceptors (Lipinski definition) is 4. The molecule has 0 spiro atoms. The Labute approximate surface area is 118 Å². The first kappa shape index (κ1) is 14.9. The topological polar surface area (TPSA) is 46.8 Å². The number of carbonyl (C=O) groups is 1. The van der Waals surface area contributed by atoms with Crippen LogP contribution < -0.4 is 4.74 Å². The van der Waals surface area contributed by atoms with E-state index in [0.717, 1.165) is 6.07 Å². The highest BCUT2D eigenvalue weighted by Gasteiger charge is 2.32. The van der Waals surface area contributed by atoms with E-state index in [-0.39, 0.29) is 17.1 Å². The first-order valence-corrected chi connectivity index (χ1v) is 5.89. The number of pyridine rings is 1. The Balaban J connectivity index is 2.41. The standard InChI is InChI=1S/C13H12F3N3O2/c1-18(2)7-5-10(20)9-8-17-12-11(21-13(14,15)16)4-3-6-19(9)12/h3-8H,1-2H3. The minimum atomic E-state index is -4.82. The number of nitrogens with zero attached hydrogens (tertiary/aromatic N) is 3. The van der Waals surface area contributed by atoms with Crippen LogP contribution in [0.2, 0.25) is 0 Å². The lowest BCUT2D eigenvalue weighted by atomic mass is 10.3. The van der Waals surface area contributed by atoms with E-state index in [1.165, 1.54) is 35.1 Å². The maximum atomic E-state index is 12.3. The van der Waals surface area contributed by atoms with Crippen molar-refractivity contribution in [2.45, 2.75) is 6.36 Å². The van der Waals surface area contributed by atoms with Crippen molar-refractivity contribution in [3.63, 3.8) is 0 Å². The molecule has 0 aliphatic heterocycles. The van der Waals surface area contributed by atoms with Crippen LogP contribution in [0.1, 0.15) is 10.5 Å². The molecule has 2 aromatic rings.